The molecule has 98 valence electrons. The summed E-state index contributed by atoms with van der Waals surface area (Å²) in [7, 11) is -3.03. The van der Waals surface area contributed by atoms with E-state index in [1.807, 2.05) is 6.07 Å². The van der Waals surface area contributed by atoms with Crippen molar-refractivity contribution in [1.82, 2.24) is 10.3 Å². The topological polar surface area (TPSA) is 76.1 Å². The first-order chi connectivity index (χ1) is 8.57. The zero-order valence-corrected chi connectivity index (χ0v) is 10.8. The van der Waals surface area contributed by atoms with Gasteiger partial charge in [0.15, 0.2) is 9.84 Å². The monoisotopic (exact) mass is 268 g/mol. The van der Waals surface area contributed by atoms with Crippen LogP contribution in [0.5, 0.6) is 0 Å². The highest BCUT2D eigenvalue weighted by Crippen LogP contribution is 2.18. The van der Waals surface area contributed by atoms with Gasteiger partial charge in [0.2, 0.25) is 5.91 Å². The Bertz CT molecular complexity index is 513. The van der Waals surface area contributed by atoms with E-state index in [9.17, 15) is 13.2 Å². The molecule has 6 heteroatoms. The van der Waals surface area contributed by atoms with Gasteiger partial charge in [0, 0.05) is 18.9 Å². The number of nitrogens with zero attached hydrogens (tertiary/aromatic N) is 1. The predicted octanol–water partition coefficient (Wildman–Crippen LogP) is 0.523. The molecule has 1 aromatic rings. The maximum Gasteiger partial charge on any atom is 0.224 e. The van der Waals surface area contributed by atoms with Crippen molar-refractivity contribution in [2.45, 2.75) is 19.4 Å². The van der Waals surface area contributed by atoms with Crippen molar-refractivity contribution >= 4 is 15.7 Å². The van der Waals surface area contributed by atoms with Gasteiger partial charge in [-0.1, -0.05) is 6.07 Å². The minimum Gasteiger partial charge on any atom is -0.352 e. The van der Waals surface area contributed by atoms with E-state index in [2.05, 4.69) is 10.3 Å². The molecular weight excluding hydrogens is 252 g/mol. The summed E-state index contributed by atoms with van der Waals surface area (Å²) in [4.78, 5) is 15.8. The van der Waals surface area contributed by atoms with E-state index >= 15 is 0 Å². The standard InChI is InChI=1S/C12H16N2O3S/c15-12(11-4-2-6-18(16,17)9-11)14-8-10-3-1-5-13-7-10/h1,3,5,7,11H,2,4,6,8-9H2,(H,14,15). The average Bonchev–Trinajstić information content (AvgIpc) is 2.36. The molecule has 0 saturated carbocycles. The third kappa shape index (κ3) is 3.53. The molecule has 2 heterocycles. The van der Waals surface area contributed by atoms with Crippen LogP contribution < -0.4 is 5.32 Å². The number of rotatable bonds is 3. The lowest BCUT2D eigenvalue weighted by molar-refractivity contribution is -0.124. The van der Waals surface area contributed by atoms with E-state index in [0.29, 0.717) is 19.4 Å². The highest BCUT2D eigenvalue weighted by molar-refractivity contribution is 7.91. The van der Waals surface area contributed by atoms with Gasteiger partial charge in [-0.15, -0.1) is 0 Å². The average molecular weight is 268 g/mol. The molecule has 1 fully saturated rings. The minimum absolute atomic E-state index is 0.0220. The molecule has 0 radical (unpaired) electrons. The van der Waals surface area contributed by atoms with Gasteiger partial charge in [0.1, 0.15) is 0 Å². The fraction of sp³-hybridized carbons (Fsp3) is 0.500. The van der Waals surface area contributed by atoms with Crippen LogP contribution in [-0.2, 0) is 21.2 Å². The van der Waals surface area contributed by atoms with Crippen LogP contribution in [0.2, 0.25) is 0 Å². The summed E-state index contributed by atoms with van der Waals surface area (Å²) in [6.45, 7) is 0.392. The molecule has 1 aliphatic rings. The summed E-state index contributed by atoms with van der Waals surface area (Å²) in [5.74, 6) is -0.395. The van der Waals surface area contributed by atoms with E-state index in [1.165, 1.54) is 0 Å². The molecule has 0 aromatic carbocycles. The summed E-state index contributed by atoms with van der Waals surface area (Å²) in [6.07, 6.45) is 4.57. The number of hydrogen-bond donors (Lipinski definition) is 1. The van der Waals surface area contributed by atoms with Crippen molar-refractivity contribution in [1.29, 1.82) is 0 Å². The Morgan fingerprint density at radius 1 is 1.50 bits per heavy atom. The van der Waals surface area contributed by atoms with E-state index in [1.54, 1.807) is 18.5 Å². The fourth-order valence-electron chi connectivity index (χ4n) is 2.07. The molecule has 18 heavy (non-hydrogen) atoms. The van der Waals surface area contributed by atoms with E-state index in [-0.39, 0.29) is 17.4 Å². The quantitative estimate of drug-likeness (QED) is 0.867. The molecule has 5 nitrogen and oxygen atoms in total. The number of nitrogens with one attached hydrogen (secondary N) is 1. The maximum absolute atomic E-state index is 11.9. The summed E-state index contributed by atoms with van der Waals surface area (Å²) in [5, 5.41) is 2.76. The Kier molecular flexibility index (Phi) is 3.96. The van der Waals surface area contributed by atoms with E-state index in [0.717, 1.165) is 5.56 Å². The number of hydrogen-bond acceptors (Lipinski definition) is 4. The number of sulfone groups is 1. The smallest absolute Gasteiger partial charge is 0.224 e. The Labute approximate surface area is 107 Å². The van der Waals surface area contributed by atoms with Crippen LogP contribution in [0.4, 0.5) is 0 Å². The highest BCUT2D eigenvalue weighted by Gasteiger charge is 2.29. The lowest BCUT2D eigenvalue weighted by Gasteiger charge is -2.21. The van der Waals surface area contributed by atoms with Gasteiger partial charge >= 0.3 is 0 Å². The van der Waals surface area contributed by atoms with Gasteiger partial charge < -0.3 is 5.32 Å². The second-order valence-corrected chi connectivity index (χ2v) is 6.76. The number of aromatic nitrogens is 1. The molecule has 1 aliphatic heterocycles. The first kappa shape index (κ1) is 13.0. The van der Waals surface area contributed by atoms with E-state index in [4.69, 9.17) is 0 Å². The maximum atomic E-state index is 11.9. The third-order valence-electron chi connectivity index (χ3n) is 3.02. The van der Waals surface area contributed by atoms with Gasteiger partial charge in [0.05, 0.1) is 17.4 Å². The molecule has 1 saturated heterocycles. The number of carbonyl (C=O) groups excluding carboxylic acids is 1. The van der Waals surface area contributed by atoms with Crippen LogP contribution in [0.25, 0.3) is 0 Å². The summed E-state index contributed by atoms with van der Waals surface area (Å²) in [5.41, 5.74) is 0.907. The second kappa shape index (κ2) is 5.48. The summed E-state index contributed by atoms with van der Waals surface area (Å²) in [6, 6.07) is 3.66. The first-order valence-corrected chi connectivity index (χ1v) is 7.76. The lowest BCUT2D eigenvalue weighted by atomic mass is 10.0. The summed E-state index contributed by atoms with van der Waals surface area (Å²) < 4.78 is 22.9. The molecule has 0 bridgehead atoms. The Balaban J connectivity index is 1.89. The van der Waals surface area contributed by atoms with Gasteiger partial charge in [-0.05, 0) is 24.5 Å². The SMILES string of the molecule is O=C(NCc1cccnc1)C1CCCS(=O)(=O)C1. The van der Waals surface area contributed by atoms with Crippen LogP contribution in [0, 0.1) is 5.92 Å². The number of pyridine rings is 1. The molecule has 1 atom stereocenters. The normalized spacial score (nSPS) is 22.3. The van der Waals surface area contributed by atoms with Crippen LogP contribution in [-0.4, -0.2) is 30.8 Å². The van der Waals surface area contributed by atoms with Gasteiger partial charge in [-0.2, -0.15) is 0 Å². The van der Waals surface area contributed by atoms with Crippen molar-refractivity contribution in [2.24, 2.45) is 5.92 Å². The van der Waals surface area contributed by atoms with Crippen molar-refractivity contribution in [3.8, 4) is 0 Å². The van der Waals surface area contributed by atoms with Gasteiger partial charge in [0.25, 0.3) is 0 Å². The minimum atomic E-state index is -3.03. The van der Waals surface area contributed by atoms with Crippen LogP contribution in [0.1, 0.15) is 18.4 Å². The molecule has 0 aliphatic carbocycles. The Hall–Kier alpha value is -1.43. The Morgan fingerprint density at radius 3 is 3.00 bits per heavy atom. The number of amides is 1. The van der Waals surface area contributed by atoms with Crippen molar-refractivity contribution in [2.75, 3.05) is 11.5 Å². The zero-order valence-electron chi connectivity index (χ0n) is 10.0. The van der Waals surface area contributed by atoms with Crippen molar-refractivity contribution in [3.63, 3.8) is 0 Å². The largest absolute Gasteiger partial charge is 0.352 e. The molecule has 1 amide bonds. The molecule has 1 aromatic heterocycles. The molecule has 0 spiro atoms. The van der Waals surface area contributed by atoms with Crippen LogP contribution in [0.15, 0.2) is 24.5 Å². The summed E-state index contributed by atoms with van der Waals surface area (Å²) >= 11 is 0. The van der Waals surface area contributed by atoms with E-state index < -0.39 is 15.8 Å². The van der Waals surface area contributed by atoms with Gasteiger partial charge in [-0.25, -0.2) is 8.42 Å². The van der Waals surface area contributed by atoms with Crippen molar-refractivity contribution in [3.05, 3.63) is 30.1 Å². The highest BCUT2D eigenvalue weighted by atomic mass is 32.2. The van der Waals surface area contributed by atoms with Crippen LogP contribution in [0.3, 0.4) is 0 Å². The zero-order chi connectivity index (χ0) is 13.0. The van der Waals surface area contributed by atoms with Crippen LogP contribution >= 0.6 is 0 Å². The number of carbonyl (C=O) groups is 1. The Morgan fingerprint density at radius 2 is 2.33 bits per heavy atom. The molecule has 1 N–H and O–H groups in total. The van der Waals surface area contributed by atoms with Crippen molar-refractivity contribution < 1.29 is 13.2 Å². The third-order valence-corrected chi connectivity index (χ3v) is 4.84. The predicted molar refractivity (Wildman–Crippen MR) is 67.5 cm³/mol. The van der Waals surface area contributed by atoms with Gasteiger partial charge in [-0.3, -0.25) is 9.78 Å². The molecule has 2 rings (SSSR count). The molecule has 1 unspecified atom stereocenters. The first-order valence-electron chi connectivity index (χ1n) is 5.94. The second-order valence-electron chi connectivity index (χ2n) is 4.53. The fourth-order valence-corrected chi connectivity index (χ4v) is 3.77. The molecular formula is C12H16N2O3S. The lowest BCUT2D eigenvalue weighted by Crippen LogP contribution is -2.37.